The minimum absolute atomic E-state index is 0.0523. The average Bonchev–Trinajstić information content (AvgIpc) is 3.71. The number of ether oxygens (including phenoxy) is 3. The molecule has 1 fully saturated rings. The number of amides is 1. The molecule has 37 heavy (non-hydrogen) atoms. The lowest BCUT2D eigenvalue weighted by Crippen LogP contribution is -2.23. The third kappa shape index (κ3) is 6.21. The lowest BCUT2D eigenvalue weighted by atomic mass is 9.96. The van der Waals surface area contributed by atoms with Crippen LogP contribution >= 0.6 is 0 Å². The Morgan fingerprint density at radius 1 is 0.865 bits per heavy atom. The van der Waals surface area contributed by atoms with Crippen LogP contribution in [-0.2, 0) is 29.8 Å². The third-order valence-electron chi connectivity index (χ3n) is 5.98. The van der Waals surface area contributed by atoms with Crippen molar-refractivity contribution < 1.29 is 32.2 Å². The molecular formula is C27H28N2O7S. The van der Waals surface area contributed by atoms with Crippen molar-refractivity contribution >= 4 is 33.3 Å². The largest absolute Gasteiger partial charge is 0.497 e. The van der Waals surface area contributed by atoms with E-state index in [1.807, 2.05) is 12.1 Å². The van der Waals surface area contributed by atoms with Gasteiger partial charge in [-0.25, -0.2) is 8.42 Å². The Bertz CT molecular complexity index is 1350. The Balaban J connectivity index is 1.29. The summed E-state index contributed by atoms with van der Waals surface area (Å²) in [6.07, 6.45) is 1.51. The smallest absolute Gasteiger partial charge is 0.316 e. The van der Waals surface area contributed by atoms with Crippen molar-refractivity contribution in [1.82, 2.24) is 0 Å². The number of carbonyl (C=O) groups is 2. The van der Waals surface area contributed by atoms with Crippen LogP contribution in [0.25, 0.3) is 0 Å². The van der Waals surface area contributed by atoms with Crippen molar-refractivity contribution in [1.29, 1.82) is 0 Å². The first-order chi connectivity index (χ1) is 17.8. The zero-order chi connectivity index (χ0) is 26.5. The van der Waals surface area contributed by atoms with Crippen LogP contribution in [0.1, 0.15) is 25.3 Å². The number of hydrogen-bond donors (Lipinski definition) is 2. The molecule has 10 heteroatoms. The van der Waals surface area contributed by atoms with Gasteiger partial charge in [-0.15, -0.1) is 0 Å². The zero-order valence-electron chi connectivity index (χ0n) is 20.5. The first-order valence-electron chi connectivity index (χ1n) is 11.7. The Kier molecular flexibility index (Phi) is 7.68. The molecule has 9 nitrogen and oxygen atoms in total. The number of rotatable bonds is 11. The Morgan fingerprint density at radius 2 is 1.46 bits per heavy atom. The van der Waals surface area contributed by atoms with Crippen LogP contribution in [0.5, 0.6) is 11.5 Å². The van der Waals surface area contributed by atoms with Crippen LogP contribution in [0.4, 0.5) is 11.4 Å². The summed E-state index contributed by atoms with van der Waals surface area (Å²) in [6.45, 7) is 1.87. The van der Waals surface area contributed by atoms with Gasteiger partial charge in [0.2, 0.25) is 0 Å². The lowest BCUT2D eigenvalue weighted by Gasteiger charge is -2.15. The second-order valence-electron chi connectivity index (χ2n) is 8.52. The summed E-state index contributed by atoms with van der Waals surface area (Å²) < 4.78 is 43.5. The van der Waals surface area contributed by atoms with Gasteiger partial charge in [0.1, 0.15) is 11.5 Å². The van der Waals surface area contributed by atoms with Gasteiger partial charge in [0.25, 0.3) is 15.9 Å². The number of esters is 1. The highest BCUT2D eigenvalue weighted by Crippen LogP contribution is 2.49. The Labute approximate surface area is 215 Å². The molecule has 0 aromatic heterocycles. The van der Waals surface area contributed by atoms with E-state index in [1.54, 1.807) is 43.3 Å². The van der Waals surface area contributed by atoms with Crippen molar-refractivity contribution in [2.24, 2.45) is 0 Å². The average molecular weight is 525 g/mol. The van der Waals surface area contributed by atoms with E-state index in [9.17, 15) is 18.0 Å². The first kappa shape index (κ1) is 26.0. The van der Waals surface area contributed by atoms with Crippen LogP contribution in [0, 0.1) is 0 Å². The molecular weight excluding hydrogens is 496 g/mol. The van der Waals surface area contributed by atoms with Gasteiger partial charge in [-0.1, -0.05) is 12.1 Å². The van der Waals surface area contributed by atoms with Crippen molar-refractivity contribution in [3.05, 3.63) is 78.4 Å². The molecule has 0 unspecified atom stereocenters. The fourth-order valence-electron chi connectivity index (χ4n) is 3.81. The highest BCUT2D eigenvalue weighted by Gasteiger charge is 2.52. The monoisotopic (exact) mass is 524 g/mol. The highest BCUT2D eigenvalue weighted by atomic mass is 32.2. The van der Waals surface area contributed by atoms with Gasteiger partial charge in [-0.3, -0.25) is 14.3 Å². The molecule has 1 aliphatic rings. The molecule has 1 aliphatic carbocycles. The van der Waals surface area contributed by atoms with E-state index in [-0.39, 0.29) is 23.4 Å². The maximum Gasteiger partial charge on any atom is 0.316 e. The summed E-state index contributed by atoms with van der Waals surface area (Å²) >= 11 is 0. The predicted octanol–water partition coefficient (Wildman–Crippen LogP) is 4.11. The minimum atomic E-state index is -3.79. The summed E-state index contributed by atoms with van der Waals surface area (Å²) in [7, 11) is -2.27. The number of carbonyl (C=O) groups excluding carboxylic acids is 2. The maximum atomic E-state index is 12.6. The van der Waals surface area contributed by atoms with Crippen LogP contribution in [0.3, 0.4) is 0 Å². The number of anilines is 2. The predicted molar refractivity (Wildman–Crippen MR) is 138 cm³/mol. The van der Waals surface area contributed by atoms with E-state index in [0.717, 1.165) is 18.4 Å². The molecule has 3 aromatic carbocycles. The van der Waals surface area contributed by atoms with Crippen molar-refractivity contribution in [2.45, 2.75) is 30.1 Å². The molecule has 1 amide bonds. The molecule has 4 rings (SSSR count). The van der Waals surface area contributed by atoms with Gasteiger partial charge in [0.05, 0.1) is 24.0 Å². The van der Waals surface area contributed by atoms with Crippen LogP contribution < -0.4 is 19.5 Å². The second-order valence-corrected chi connectivity index (χ2v) is 10.2. The van der Waals surface area contributed by atoms with Crippen LogP contribution in [0.15, 0.2) is 77.7 Å². The Morgan fingerprint density at radius 3 is 2.03 bits per heavy atom. The Hall–Kier alpha value is -4.05. The van der Waals surface area contributed by atoms with E-state index in [2.05, 4.69) is 10.0 Å². The number of hydrogen-bond acceptors (Lipinski definition) is 7. The van der Waals surface area contributed by atoms with E-state index in [1.165, 1.54) is 31.4 Å². The lowest BCUT2D eigenvalue weighted by molar-refractivity contribution is -0.146. The van der Waals surface area contributed by atoms with Gasteiger partial charge in [0, 0.05) is 11.4 Å². The van der Waals surface area contributed by atoms with Gasteiger partial charge >= 0.3 is 5.97 Å². The molecule has 0 radical (unpaired) electrons. The van der Waals surface area contributed by atoms with E-state index in [0.29, 0.717) is 29.5 Å². The summed E-state index contributed by atoms with van der Waals surface area (Å²) in [6, 6.07) is 19.4. The number of benzene rings is 3. The minimum Gasteiger partial charge on any atom is -0.497 e. The first-order valence-corrected chi connectivity index (χ1v) is 13.2. The molecule has 0 bridgehead atoms. The maximum absolute atomic E-state index is 12.6. The van der Waals surface area contributed by atoms with Gasteiger partial charge in [-0.05, 0) is 86.0 Å². The summed E-state index contributed by atoms with van der Waals surface area (Å²) in [5, 5.41) is 2.74. The van der Waals surface area contributed by atoms with E-state index in [4.69, 9.17) is 14.2 Å². The number of nitrogens with one attached hydrogen (secondary N) is 2. The van der Waals surface area contributed by atoms with Gasteiger partial charge < -0.3 is 19.5 Å². The molecule has 0 saturated heterocycles. The van der Waals surface area contributed by atoms with E-state index >= 15 is 0 Å². The molecule has 0 spiro atoms. The number of sulfonamides is 1. The summed E-state index contributed by atoms with van der Waals surface area (Å²) in [5.41, 5.74) is 1.28. The molecule has 0 aliphatic heterocycles. The zero-order valence-corrected chi connectivity index (χ0v) is 21.3. The molecule has 3 aromatic rings. The quantitative estimate of drug-likeness (QED) is 0.362. The summed E-state index contributed by atoms with van der Waals surface area (Å²) in [5.74, 6) is 0.373. The molecule has 0 heterocycles. The van der Waals surface area contributed by atoms with Crippen LogP contribution in [0.2, 0.25) is 0 Å². The second kappa shape index (κ2) is 10.9. The van der Waals surface area contributed by atoms with Crippen molar-refractivity contribution in [3.63, 3.8) is 0 Å². The number of methoxy groups -OCH3 is 1. The topological polar surface area (TPSA) is 120 Å². The standard InChI is InChI=1S/C27H28N2O7S/c1-3-35-26(31)27(16-17-27)19-4-6-20(7-5-19)28-25(30)18-36-23-12-14-24(15-13-23)37(32,33)29-21-8-10-22(34-2)11-9-21/h4-15,29H,3,16-18H2,1-2H3,(H,28,30). The van der Waals surface area contributed by atoms with Crippen molar-refractivity contribution in [3.8, 4) is 11.5 Å². The fourth-order valence-corrected chi connectivity index (χ4v) is 4.87. The van der Waals surface area contributed by atoms with Crippen LogP contribution in [-0.4, -0.2) is 40.6 Å². The fraction of sp³-hybridized carbons (Fsp3) is 0.259. The molecule has 2 N–H and O–H groups in total. The van der Waals surface area contributed by atoms with Crippen molar-refractivity contribution in [2.75, 3.05) is 30.4 Å². The molecule has 0 atom stereocenters. The molecule has 194 valence electrons. The van der Waals surface area contributed by atoms with Gasteiger partial charge in [-0.2, -0.15) is 0 Å². The third-order valence-corrected chi connectivity index (χ3v) is 7.38. The normalized spacial score (nSPS) is 13.8. The van der Waals surface area contributed by atoms with Gasteiger partial charge in [0.15, 0.2) is 6.61 Å². The summed E-state index contributed by atoms with van der Waals surface area (Å²) in [4.78, 5) is 24.6. The van der Waals surface area contributed by atoms with E-state index < -0.39 is 15.4 Å². The molecule has 1 saturated carbocycles. The highest BCUT2D eigenvalue weighted by molar-refractivity contribution is 7.92. The SMILES string of the molecule is CCOC(=O)C1(c2ccc(NC(=O)COc3ccc(S(=O)(=O)Nc4ccc(OC)cc4)cc3)cc2)CC1.